The van der Waals surface area contributed by atoms with Crippen molar-refractivity contribution in [2.24, 2.45) is 5.73 Å². The maximum absolute atomic E-state index is 6.27. The van der Waals surface area contributed by atoms with Crippen LogP contribution in [0.4, 0.5) is 0 Å². The average molecular weight is 247 g/mol. The van der Waals surface area contributed by atoms with Gasteiger partial charge in [0, 0.05) is 25.7 Å². The first kappa shape index (κ1) is 13.5. The van der Waals surface area contributed by atoms with Gasteiger partial charge in [-0.2, -0.15) is 0 Å². The van der Waals surface area contributed by atoms with Crippen LogP contribution in [0.25, 0.3) is 0 Å². The average Bonchev–Trinajstić information content (AvgIpc) is 2.56. The number of nitrogens with two attached hydrogens (primary N) is 1. The van der Waals surface area contributed by atoms with E-state index in [2.05, 4.69) is 47.2 Å². The van der Waals surface area contributed by atoms with Gasteiger partial charge in [0.2, 0.25) is 0 Å². The number of rotatable bonds is 4. The number of nitrogens with zero attached hydrogens (tertiary/aromatic N) is 2. The van der Waals surface area contributed by atoms with E-state index < -0.39 is 0 Å². The van der Waals surface area contributed by atoms with Crippen LogP contribution in [-0.2, 0) is 6.42 Å². The smallest absolute Gasteiger partial charge is 0.0208 e. The zero-order chi connectivity index (χ0) is 12.8. The Bertz CT molecular complexity index is 339. The molecular formula is C15H25N3. The zero-order valence-electron chi connectivity index (χ0n) is 11.4. The van der Waals surface area contributed by atoms with Crippen molar-refractivity contribution in [2.75, 3.05) is 39.8 Å². The molecule has 1 heterocycles. The first-order valence-corrected chi connectivity index (χ1v) is 6.94. The van der Waals surface area contributed by atoms with E-state index in [0.29, 0.717) is 0 Å². The number of hydrogen-bond donors (Lipinski definition) is 1. The molecule has 0 radical (unpaired) electrons. The molecule has 0 aromatic heterocycles. The molecule has 1 aromatic rings. The summed E-state index contributed by atoms with van der Waals surface area (Å²) in [6.45, 7) is 5.73. The van der Waals surface area contributed by atoms with Crippen LogP contribution in [-0.4, -0.2) is 55.6 Å². The fourth-order valence-corrected chi connectivity index (χ4v) is 2.60. The predicted molar refractivity (Wildman–Crippen MR) is 76.7 cm³/mol. The van der Waals surface area contributed by atoms with Gasteiger partial charge in [-0.1, -0.05) is 30.3 Å². The Labute approximate surface area is 111 Å². The lowest BCUT2D eigenvalue weighted by Gasteiger charge is -2.24. The van der Waals surface area contributed by atoms with Crippen molar-refractivity contribution >= 4 is 0 Å². The summed E-state index contributed by atoms with van der Waals surface area (Å²) < 4.78 is 0. The lowest BCUT2D eigenvalue weighted by Crippen LogP contribution is -2.40. The van der Waals surface area contributed by atoms with Crippen LogP contribution >= 0.6 is 0 Å². The molecule has 1 aromatic carbocycles. The highest BCUT2D eigenvalue weighted by atomic mass is 15.2. The van der Waals surface area contributed by atoms with E-state index in [1.54, 1.807) is 0 Å². The van der Waals surface area contributed by atoms with Gasteiger partial charge in [0.25, 0.3) is 0 Å². The quantitative estimate of drug-likeness (QED) is 0.867. The molecule has 1 unspecified atom stereocenters. The Morgan fingerprint density at radius 1 is 1.11 bits per heavy atom. The molecule has 1 atom stereocenters. The Kier molecular flexibility index (Phi) is 5.17. The van der Waals surface area contributed by atoms with Crippen molar-refractivity contribution in [3.05, 3.63) is 35.9 Å². The second kappa shape index (κ2) is 6.88. The first-order valence-electron chi connectivity index (χ1n) is 6.94. The molecule has 18 heavy (non-hydrogen) atoms. The molecule has 3 nitrogen and oxygen atoms in total. The van der Waals surface area contributed by atoms with Crippen LogP contribution in [0.15, 0.2) is 30.3 Å². The second-order valence-electron chi connectivity index (χ2n) is 5.41. The monoisotopic (exact) mass is 247 g/mol. The van der Waals surface area contributed by atoms with Gasteiger partial charge in [-0.05, 0) is 38.5 Å². The van der Waals surface area contributed by atoms with Crippen LogP contribution in [0, 0.1) is 0 Å². The SMILES string of the molecule is CN1CCCN(CC(N)Cc2ccccc2)CC1. The van der Waals surface area contributed by atoms with Crippen molar-refractivity contribution in [3.63, 3.8) is 0 Å². The van der Waals surface area contributed by atoms with E-state index in [9.17, 15) is 0 Å². The minimum Gasteiger partial charge on any atom is -0.326 e. The van der Waals surface area contributed by atoms with E-state index in [1.807, 2.05) is 0 Å². The first-order chi connectivity index (χ1) is 8.74. The molecule has 0 saturated carbocycles. The second-order valence-corrected chi connectivity index (χ2v) is 5.41. The van der Waals surface area contributed by atoms with Gasteiger partial charge >= 0.3 is 0 Å². The minimum atomic E-state index is 0.246. The predicted octanol–water partition coefficient (Wildman–Crippen LogP) is 1.19. The molecular weight excluding hydrogens is 222 g/mol. The molecule has 1 fully saturated rings. The van der Waals surface area contributed by atoms with Gasteiger partial charge in [-0.3, -0.25) is 0 Å². The molecule has 0 spiro atoms. The topological polar surface area (TPSA) is 32.5 Å². The van der Waals surface area contributed by atoms with E-state index in [4.69, 9.17) is 5.73 Å². The highest BCUT2D eigenvalue weighted by Crippen LogP contribution is 2.05. The Morgan fingerprint density at radius 2 is 1.89 bits per heavy atom. The summed E-state index contributed by atoms with van der Waals surface area (Å²) in [5.41, 5.74) is 7.61. The standard InChI is InChI=1S/C15H25N3/c1-17-8-5-9-18(11-10-17)13-15(16)12-14-6-3-2-4-7-14/h2-4,6-7,15H,5,8-13,16H2,1H3. The van der Waals surface area contributed by atoms with Crippen molar-refractivity contribution in [3.8, 4) is 0 Å². The lowest BCUT2D eigenvalue weighted by molar-refractivity contribution is 0.260. The Hall–Kier alpha value is -0.900. The number of benzene rings is 1. The third-order valence-corrected chi connectivity index (χ3v) is 3.65. The summed E-state index contributed by atoms with van der Waals surface area (Å²) in [6, 6.07) is 10.8. The maximum Gasteiger partial charge on any atom is 0.0208 e. The summed E-state index contributed by atoms with van der Waals surface area (Å²) in [7, 11) is 2.20. The molecule has 0 amide bonds. The van der Waals surface area contributed by atoms with Gasteiger partial charge in [-0.15, -0.1) is 0 Å². The number of hydrogen-bond acceptors (Lipinski definition) is 3. The summed E-state index contributed by atoms with van der Waals surface area (Å²) >= 11 is 0. The summed E-state index contributed by atoms with van der Waals surface area (Å²) in [6.07, 6.45) is 2.24. The number of likely N-dealkylation sites (N-methyl/N-ethyl adjacent to an activating group) is 1. The molecule has 2 N–H and O–H groups in total. The molecule has 2 rings (SSSR count). The third kappa shape index (κ3) is 4.41. The van der Waals surface area contributed by atoms with Crippen molar-refractivity contribution in [1.82, 2.24) is 9.80 Å². The molecule has 1 saturated heterocycles. The van der Waals surface area contributed by atoms with Crippen molar-refractivity contribution < 1.29 is 0 Å². The van der Waals surface area contributed by atoms with Gasteiger partial charge in [0.05, 0.1) is 0 Å². The minimum absolute atomic E-state index is 0.246. The normalized spacial score (nSPS) is 20.6. The highest BCUT2D eigenvalue weighted by molar-refractivity contribution is 5.15. The highest BCUT2D eigenvalue weighted by Gasteiger charge is 2.14. The molecule has 0 bridgehead atoms. The maximum atomic E-state index is 6.27. The van der Waals surface area contributed by atoms with Crippen molar-refractivity contribution in [2.45, 2.75) is 18.9 Å². The van der Waals surface area contributed by atoms with Gasteiger partial charge in [0.15, 0.2) is 0 Å². The Balaban J connectivity index is 1.78. The van der Waals surface area contributed by atoms with Gasteiger partial charge in [0.1, 0.15) is 0 Å². The van der Waals surface area contributed by atoms with E-state index in [1.165, 1.54) is 25.1 Å². The molecule has 0 aliphatic carbocycles. The van der Waals surface area contributed by atoms with Crippen LogP contribution in [0.2, 0.25) is 0 Å². The van der Waals surface area contributed by atoms with E-state index in [-0.39, 0.29) is 6.04 Å². The van der Waals surface area contributed by atoms with Crippen LogP contribution < -0.4 is 5.73 Å². The van der Waals surface area contributed by atoms with Crippen LogP contribution in [0.3, 0.4) is 0 Å². The molecule has 3 heteroatoms. The van der Waals surface area contributed by atoms with E-state index in [0.717, 1.165) is 26.1 Å². The fourth-order valence-electron chi connectivity index (χ4n) is 2.60. The van der Waals surface area contributed by atoms with Crippen LogP contribution in [0.5, 0.6) is 0 Å². The lowest BCUT2D eigenvalue weighted by atomic mass is 10.1. The van der Waals surface area contributed by atoms with Crippen LogP contribution in [0.1, 0.15) is 12.0 Å². The molecule has 100 valence electrons. The van der Waals surface area contributed by atoms with Gasteiger partial charge in [-0.25, -0.2) is 0 Å². The van der Waals surface area contributed by atoms with E-state index >= 15 is 0 Å². The van der Waals surface area contributed by atoms with Crippen molar-refractivity contribution in [1.29, 1.82) is 0 Å². The summed E-state index contributed by atoms with van der Waals surface area (Å²) in [5, 5.41) is 0. The zero-order valence-corrected chi connectivity index (χ0v) is 11.4. The fraction of sp³-hybridized carbons (Fsp3) is 0.600. The molecule has 1 aliphatic rings. The third-order valence-electron chi connectivity index (χ3n) is 3.65. The largest absolute Gasteiger partial charge is 0.326 e. The summed E-state index contributed by atoms with van der Waals surface area (Å²) in [4.78, 5) is 4.92. The Morgan fingerprint density at radius 3 is 2.67 bits per heavy atom. The molecule has 1 aliphatic heterocycles. The van der Waals surface area contributed by atoms with Gasteiger partial charge < -0.3 is 15.5 Å². The summed E-state index contributed by atoms with van der Waals surface area (Å²) in [5.74, 6) is 0.